The van der Waals surface area contributed by atoms with E-state index in [0.717, 1.165) is 10.4 Å². The molecule has 3 heteroatoms. The molecule has 0 saturated carbocycles. The fourth-order valence-corrected chi connectivity index (χ4v) is 2.70. The van der Waals surface area contributed by atoms with Gasteiger partial charge in [0, 0.05) is 10.4 Å². The monoisotopic (exact) mass is 235 g/mol. The molecule has 1 aromatic heterocycles. The molecule has 1 atom stereocenters. The van der Waals surface area contributed by atoms with E-state index in [1.165, 1.54) is 0 Å². The molecule has 0 saturated heterocycles. The third-order valence-corrected chi connectivity index (χ3v) is 3.84. The SMILES string of the molecule is Cc1ccsc1C(N)c1cccc(C)c1F. The Kier molecular flexibility index (Phi) is 3.08. The molecule has 2 N–H and O–H groups in total. The number of benzene rings is 1. The van der Waals surface area contributed by atoms with E-state index in [1.54, 1.807) is 30.4 Å². The number of aryl methyl sites for hydroxylation is 2. The van der Waals surface area contributed by atoms with Crippen molar-refractivity contribution < 1.29 is 4.39 Å². The van der Waals surface area contributed by atoms with E-state index in [2.05, 4.69) is 0 Å². The highest BCUT2D eigenvalue weighted by molar-refractivity contribution is 7.10. The molecule has 0 bridgehead atoms. The molecule has 0 aliphatic heterocycles. The van der Waals surface area contributed by atoms with Gasteiger partial charge in [-0.3, -0.25) is 0 Å². The second kappa shape index (κ2) is 4.36. The predicted octanol–water partition coefficient (Wildman–Crippen LogP) is 3.55. The maximum Gasteiger partial charge on any atom is 0.131 e. The average Bonchev–Trinajstić information content (AvgIpc) is 2.68. The van der Waals surface area contributed by atoms with Crippen LogP contribution >= 0.6 is 11.3 Å². The van der Waals surface area contributed by atoms with Crippen molar-refractivity contribution in [2.24, 2.45) is 5.73 Å². The molecule has 1 heterocycles. The number of rotatable bonds is 2. The van der Waals surface area contributed by atoms with Crippen LogP contribution in [0.4, 0.5) is 4.39 Å². The Bertz CT molecular complexity index is 504. The highest BCUT2D eigenvalue weighted by Crippen LogP contribution is 2.29. The molecule has 0 spiro atoms. The van der Waals surface area contributed by atoms with Crippen molar-refractivity contribution in [1.82, 2.24) is 0 Å². The Morgan fingerprint density at radius 3 is 2.56 bits per heavy atom. The highest BCUT2D eigenvalue weighted by atomic mass is 32.1. The van der Waals surface area contributed by atoms with Crippen LogP contribution in [0.5, 0.6) is 0 Å². The van der Waals surface area contributed by atoms with Gasteiger partial charge >= 0.3 is 0 Å². The zero-order valence-electron chi connectivity index (χ0n) is 9.33. The van der Waals surface area contributed by atoms with Gasteiger partial charge in [0.05, 0.1) is 6.04 Å². The molecule has 84 valence electrons. The maximum atomic E-state index is 13.9. The summed E-state index contributed by atoms with van der Waals surface area (Å²) in [6.45, 7) is 3.76. The minimum Gasteiger partial charge on any atom is -0.320 e. The van der Waals surface area contributed by atoms with Gasteiger partial charge in [-0.15, -0.1) is 11.3 Å². The zero-order valence-corrected chi connectivity index (χ0v) is 10.1. The van der Waals surface area contributed by atoms with E-state index >= 15 is 0 Å². The first-order chi connectivity index (χ1) is 7.61. The summed E-state index contributed by atoms with van der Waals surface area (Å²) in [5.74, 6) is -0.192. The molecular weight excluding hydrogens is 221 g/mol. The molecule has 0 aliphatic carbocycles. The largest absolute Gasteiger partial charge is 0.320 e. The molecule has 1 unspecified atom stereocenters. The lowest BCUT2D eigenvalue weighted by atomic mass is 10.0. The number of halogens is 1. The van der Waals surface area contributed by atoms with Gasteiger partial charge < -0.3 is 5.73 Å². The van der Waals surface area contributed by atoms with Crippen molar-refractivity contribution >= 4 is 11.3 Å². The lowest BCUT2D eigenvalue weighted by molar-refractivity contribution is 0.592. The van der Waals surface area contributed by atoms with Crippen LogP contribution in [0.1, 0.15) is 27.6 Å². The fourth-order valence-electron chi connectivity index (χ4n) is 1.75. The van der Waals surface area contributed by atoms with Crippen LogP contribution in [-0.4, -0.2) is 0 Å². The summed E-state index contributed by atoms with van der Waals surface area (Å²) >= 11 is 1.58. The normalized spacial score (nSPS) is 12.8. The topological polar surface area (TPSA) is 26.0 Å². The van der Waals surface area contributed by atoms with Crippen LogP contribution in [0.3, 0.4) is 0 Å². The zero-order chi connectivity index (χ0) is 11.7. The summed E-state index contributed by atoms with van der Waals surface area (Å²) in [6, 6.07) is 7.00. The molecule has 1 nitrogen and oxygen atoms in total. The number of hydrogen-bond acceptors (Lipinski definition) is 2. The molecule has 0 aliphatic rings. The lowest BCUT2D eigenvalue weighted by Gasteiger charge is -2.13. The summed E-state index contributed by atoms with van der Waals surface area (Å²) in [4.78, 5) is 1.03. The third kappa shape index (κ3) is 1.88. The first-order valence-electron chi connectivity index (χ1n) is 5.16. The van der Waals surface area contributed by atoms with Crippen molar-refractivity contribution in [2.45, 2.75) is 19.9 Å². The van der Waals surface area contributed by atoms with Crippen LogP contribution in [-0.2, 0) is 0 Å². The van der Waals surface area contributed by atoms with Gasteiger partial charge in [-0.2, -0.15) is 0 Å². The smallest absolute Gasteiger partial charge is 0.131 e. The number of thiophene rings is 1. The van der Waals surface area contributed by atoms with Crippen molar-refractivity contribution in [3.63, 3.8) is 0 Å². The minimum absolute atomic E-state index is 0.192. The summed E-state index contributed by atoms with van der Waals surface area (Å²) in [5.41, 5.74) is 8.44. The molecule has 0 fully saturated rings. The van der Waals surface area contributed by atoms with Gasteiger partial charge in [0.1, 0.15) is 5.82 Å². The van der Waals surface area contributed by atoms with E-state index in [0.29, 0.717) is 11.1 Å². The molecule has 16 heavy (non-hydrogen) atoms. The van der Waals surface area contributed by atoms with Gasteiger partial charge in [0.2, 0.25) is 0 Å². The first kappa shape index (κ1) is 11.3. The summed E-state index contributed by atoms with van der Waals surface area (Å²) in [6.07, 6.45) is 0. The van der Waals surface area contributed by atoms with Crippen LogP contribution < -0.4 is 5.73 Å². The van der Waals surface area contributed by atoms with E-state index in [-0.39, 0.29) is 11.9 Å². The Morgan fingerprint density at radius 2 is 1.94 bits per heavy atom. The second-order valence-electron chi connectivity index (χ2n) is 3.92. The first-order valence-corrected chi connectivity index (χ1v) is 6.04. The van der Waals surface area contributed by atoms with Gasteiger partial charge in [0.25, 0.3) is 0 Å². The minimum atomic E-state index is -0.361. The quantitative estimate of drug-likeness (QED) is 0.846. The Labute approximate surface area is 98.7 Å². The Morgan fingerprint density at radius 1 is 1.19 bits per heavy atom. The van der Waals surface area contributed by atoms with E-state index in [9.17, 15) is 4.39 Å². The van der Waals surface area contributed by atoms with Crippen LogP contribution in [0, 0.1) is 19.7 Å². The van der Waals surface area contributed by atoms with Crippen molar-refractivity contribution in [3.8, 4) is 0 Å². The summed E-state index contributed by atoms with van der Waals surface area (Å²) in [7, 11) is 0. The molecule has 0 amide bonds. The molecule has 2 aromatic rings. The van der Waals surface area contributed by atoms with Crippen molar-refractivity contribution in [1.29, 1.82) is 0 Å². The van der Waals surface area contributed by atoms with E-state index in [1.807, 2.05) is 24.4 Å². The maximum absolute atomic E-state index is 13.9. The predicted molar refractivity (Wildman–Crippen MR) is 66.2 cm³/mol. The van der Waals surface area contributed by atoms with Crippen LogP contribution in [0.15, 0.2) is 29.6 Å². The Hall–Kier alpha value is -1.19. The van der Waals surface area contributed by atoms with Gasteiger partial charge in [-0.25, -0.2) is 4.39 Å². The van der Waals surface area contributed by atoms with Gasteiger partial charge in [-0.1, -0.05) is 18.2 Å². The average molecular weight is 235 g/mol. The van der Waals surface area contributed by atoms with E-state index < -0.39 is 0 Å². The van der Waals surface area contributed by atoms with Crippen LogP contribution in [0.25, 0.3) is 0 Å². The highest BCUT2D eigenvalue weighted by Gasteiger charge is 2.17. The number of nitrogens with two attached hydrogens (primary N) is 1. The van der Waals surface area contributed by atoms with Crippen LogP contribution in [0.2, 0.25) is 0 Å². The van der Waals surface area contributed by atoms with Crippen molar-refractivity contribution in [3.05, 3.63) is 57.0 Å². The Balaban J connectivity index is 2.46. The lowest BCUT2D eigenvalue weighted by Crippen LogP contribution is -2.13. The third-order valence-electron chi connectivity index (χ3n) is 2.74. The fraction of sp³-hybridized carbons (Fsp3) is 0.231. The number of hydrogen-bond donors (Lipinski definition) is 1. The van der Waals surface area contributed by atoms with Crippen molar-refractivity contribution in [2.75, 3.05) is 0 Å². The summed E-state index contributed by atoms with van der Waals surface area (Å²) in [5, 5.41) is 1.98. The molecule has 0 radical (unpaired) electrons. The summed E-state index contributed by atoms with van der Waals surface area (Å²) < 4.78 is 13.9. The second-order valence-corrected chi connectivity index (χ2v) is 4.87. The molecule has 2 rings (SSSR count). The van der Waals surface area contributed by atoms with Gasteiger partial charge in [0.15, 0.2) is 0 Å². The molecular formula is C13H14FNS. The molecule has 1 aromatic carbocycles. The van der Waals surface area contributed by atoms with E-state index in [4.69, 9.17) is 5.73 Å². The van der Waals surface area contributed by atoms with Gasteiger partial charge in [-0.05, 0) is 36.4 Å². The standard InChI is InChI=1S/C13H14FNS/c1-8-4-3-5-10(11(8)14)12(15)13-9(2)6-7-16-13/h3-7,12H,15H2,1-2H3.